The Morgan fingerprint density at radius 3 is 3.05 bits per heavy atom. The van der Waals surface area contributed by atoms with Gasteiger partial charge in [0, 0.05) is 20.0 Å². The number of H-pyrrole nitrogens is 2. The number of fused-ring (bicyclic) bond motifs is 1. The Balaban J connectivity index is 1.78. The quantitative estimate of drug-likeness (QED) is 0.848. The van der Waals surface area contributed by atoms with Gasteiger partial charge in [0.15, 0.2) is 5.82 Å². The molecular weight excluding hydrogens is 272 g/mol. The van der Waals surface area contributed by atoms with Gasteiger partial charge < -0.3 is 9.47 Å². The molecule has 2 N–H and O–H groups in total. The molecule has 3 rings (SSSR count). The molecular formula is C13H18N6O2. The summed E-state index contributed by atoms with van der Waals surface area (Å²) < 4.78 is 2.01. The van der Waals surface area contributed by atoms with Crippen molar-refractivity contribution < 1.29 is 4.79 Å². The number of carbonyl (C=O) groups excluding carboxylic acids is 1. The van der Waals surface area contributed by atoms with Gasteiger partial charge in [0.1, 0.15) is 11.5 Å². The van der Waals surface area contributed by atoms with Crippen LogP contribution in [0, 0.1) is 0 Å². The summed E-state index contributed by atoms with van der Waals surface area (Å²) in [5.41, 5.74) is 0.233. The fourth-order valence-electron chi connectivity index (χ4n) is 2.64. The van der Waals surface area contributed by atoms with Gasteiger partial charge >= 0.3 is 5.69 Å². The molecule has 0 saturated carbocycles. The highest BCUT2D eigenvalue weighted by Gasteiger charge is 2.21. The number of carbonyl (C=O) groups is 1. The van der Waals surface area contributed by atoms with Crippen LogP contribution in [0.15, 0.2) is 11.0 Å². The summed E-state index contributed by atoms with van der Waals surface area (Å²) >= 11 is 0. The minimum absolute atomic E-state index is 0.112. The van der Waals surface area contributed by atoms with Crippen LogP contribution in [-0.2, 0) is 19.5 Å². The number of amides is 1. The molecule has 8 heteroatoms. The van der Waals surface area contributed by atoms with E-state index >= 15 is 0 Å². The lowest BCUT2D eigenvalue weighted by Gasteiger charge is -2.16. The van der Waals surface area contributed by atoms with Crippen LogP contribution < -0.4 is 5.69 Å². The second kappa shape index (κ2) is 5.55. The van der Waals surface area contributed by atoms with Crippen LogP contribution in [0.1, 0.15) is 41.4 Å². The number of nitrogens with one attached hydrogen (secondary N) is 2. The van der Waals surface area contributed by atoms with Crippen LogP contribution in [0.2, 0.25) is 0 Å². The maximum atomic E-state index is 12.5. The molecule has 8 nitrogen and oxygen atoms in total. The summed E-state index contributed by atoms with van der Waals surface area (Å²) in [7, 11) is 1.69. The standard InChI is InChI=1S/C13H18N6O2/c1-18(8-10-15-13(21)17-16-10)12(20)9-7-14-11-5-3-2-4-6-19(9)11/h7H,2-6,8H2,1H3,(H2,15,16,17,21). The summed E-state index contributed by atoms with van der Waals surface area (Å²) in [5.74, 6) is 1.31. The minimum atomic E-state index is -0.371. The van der Waals surface area contributed by atoms with E-state index < -0.39 is 0 Å². The highest BCUT2D eigenvalue weighted by atomic mass is 16.2. The molecule has 3 heterocycles. The topological polar surface area (TPSA) is 99.7 Å². The molecule has 0 saturated heterocycles. The van der Waals surface area contributed by atoms with Gasteiger partial charge in [0.05, 0.1) is 12.7 Å². The second-order valence-electron chi connectivity index (χ2n) is 5.31. The molecule has 2 aromatic heterocycles. The maximum Gasteiger partial charge on any atom is 0.340 e. The van der Waals surface area contributed by atoms with Crippen LogP contribution in [-0.4, -0.2) is 42.6 Å². The van der Waals surface area contributed by atoms with Crippen molar-refractivity contribution in [1.29, 1.82) is 0 Å². The summed E-state index contributed by atoms with van der Waals surface area (Å²) in [4.78, 5) is 32.0. The van der Waals surface area contributed by atoms with Crippen molar-refractivity contribution in [2.75, 3.05) is 7.05 Å². The predicted molar refractivity (Wildman–Crippen MR) is 74.8 cm³/mol. The fraction of sp³-hybridized carbons (Fsp3) is 0.538. The van der Waals surface area contributed by atoms with Gasteiger partial charge in [-0.05, 0) is 12.8 Å². The first-order valence-corrected chi connectivity index (χ1v) is 7.08. The minimum Gasteiger partial charge on any atom is -0.333 e. The monoisotopic (exact) mass is 290 g/mol. The Morgan fingerprint density at radius 1 is 1.43 bits per heavy atom. The molecule has 0 aromatic carbocycles. The third-order valence-electron chi connectivity index (χ3n) is 3.72. The van der Waals surface area contributed by atoms with Crippen LogP contribution in [0.4, 0.5) is 0 Å². The summed E-state index contributed by atoms with van der Waals surface area (Å²) in [6, 6.07) is 0. The molecule has 0 atom stereocenters. The van der Waals surface area contributed by atoms with E-state index in [1.165, 1.54) is 11.3 Å². The number of aromatic amines is 2. The number of hydrogen-bond acceptors (Lipinski definition) is 4. The van der Waals surface area contributed by atoms with Gasteiger partial charge in [0.2, 0.25) is 0 Å². The van der Waals surface area contributed by atoms with Crippen molar-refractivity contribution in [2.24, 2.45) is 0 Å². The zero-order valence-corrected chi connectivity index (χ0v) is 11.9. The lowest BCUT2D eigenvalue weighted by molar-refractivity contribution is 0.0770. The van der Waals surface area contributed by atoms with Gasteiger partial charge in [-0.2, -0.15) is 5.10 Å². The third-order valence-corrected chi connectivity index (χ3v) is 3.72. The van der Waals surface area contributed by atoms with Crippen molar-refractivity contribution in [2.45, 2.75) is 38.8 Å². The first-order valence-electron chi connectivity index (χ1n) is 7.08. The van der Waals surface area contributed by atoms with Crippen molar-refractivity contribution in [3.63, 3.8) is 0 Å². The smallest absolute Gasteiger partial charge is 0.333 e. The van der Waals surface area contributed by atoms with Crippen LogP contribution >= 0.6 is 0 Å². The third kappa shape index (κ3) is 2.74. The van der Waals surface area contributed by atoms with Crippen LogP contribution in [0.3, 0.4) is 0 Å². The van der Waals surface area contributed by atoms with E-state index in [2.05, 4.69) is 20.2 Å². The van der Waals surface area contributed by atoms with E-state index in [4.69, 9.17) is 0 Å². The Kier molecular flexibility index (Phi) is 3.59. The zero-order valence-electron chi connectivity index (χ0n) is 11.9. The molecule has 21 heavy (non-hydrogen) atoms. The highest BCUT2D eigenvalue weighted by molar-refractivity contribution is 5.92. The van der Waals surface area contributed by atoms with Crippen LogP contribution in [0.5, 0.6) is 0 Å². The summed E-state index contributed by atoms with van der Waals surface area (Å²) in [6.45, 7) is 1.08. The molecule has 0 radical (unpaired) electrons. The first-order chi connectivity index (χ1) is 10.1. The van der Waals surface area contributed by atoms with E-state index in [9.17, 15) is 9.59 Å². The van der Waals surface area contributed by atoms with Gasteiger partial charge in [0.25, 0.3) is 5.91 Å². The lowest BCUT2D eigenvalue weighted by Crippen LogP contribution is -2.29. The van der Waals surface area contributed by atoms with Gasteiger partial charge in [-0.15, -0.1) is 0 Å². The van der Waals surface area contributed by atoms with E-state index in [1.54, 1.807) is 13.2 Å². The maximum absolute atomic E-state index is 12.5. The van der Waals surface area contributed by atoms with Crippen molar-refractivity contribution in [1.82, 2.24) is 29.6 Å². The number of hydrogen-bond donors (Lipinski definition) is 2. The Morgan fingerprint density at radius 2 is 2.29 bits per heavy atom. The number of aromatic nitrogens is 5. The molecule has 112 valence electrons. The molecule has 1 aliphatic heterocycles. The lowest BCUT2D eigenvalue weighted by atomic mass is 10.2. The molecule has 0 unspecified atom stereocenters. The van der Waals surface area contributed by atoms with Crippen molar-refractivity contribution >= 4 is 5.91 Å². The average molecular weight is 290 g/mol. The molecule has 1 amide bonds. The number of rotatable bonds is 3. The molecule has 1 aliphatic rings. The number of imidazole rings is 1. The van der Waals surface area contributed by atoms with E-state index in [1.807, 2.05) is 4.57 Å². The zero-order chi connectivity index (χ0) is 14.8. The Bertz CT molecular complexity index is 698. The number of nitrogens with zero attached hydrogens (tertiary/aromatic N) is 4. The van der Waals surface area contributed by atoms with Crippen molar-refractivity contribution in [3.05, 3.63) is 34.0 Å². The van der Waals surface area contributed by atoms with E-state index in [0.717, 1.165) is 31.6 Å². The average Bonchev–Trinajstić information content (AvgIpc) is 2.97. The molecule has 0 fully saturated rings. The number of aryl methyl sites for hydroxylation is 1. The van der Waals surface area contributed by atoms with Gasteiger partial charge in [-0.3, -0.25) is 9.78 Å². The summed E-state index contributed by atoms with van der Waals surface area (Å²) in [6.07, 6.45) is 5.92. The van der Waals surface area contributed by atoms with Crippen LogP contribution in [0.25, 0.3) is 0 Å². The van der Waals surface area contributed by atoms with Crippen molar-refractivity contribution in [3.8, 4) is 0 Å². The molecule has 0 spiro atoms. The largest absolute Gasteiger partial charge is 0.340 e. The van der Waals surface area contributed by atoms with Gasteiger partial charge in [-0.1, -0.05) is 6.42 Å². The normalized spacial score (nSPS) is 14.5. The molecule has 0 aliphatic carbocycles. The fourth-order valence-corrected chi connectivity index (χ4v) is 2.64. The summed E-state index contributed by atoms with van der Waals surface area (Å²) in [5, 5.41) is 6.10. The van der Waals surface area contributed by atoms with E-state index in [-0.39, 0.29) is 18.1 Å². The first kappa shape index (κ1) is 13.6. The highest BCUT2D eigenvalue weighted by Crippen LogP contribution is 2.17. The predicted octanol–water partition coefficient (Wildman–Crippen LogP) is 0.293. The molecule has 0 bridgehead atoms. The van der Waals surface area contributed by atoms with E-state index in [0.29, 0.717) is 11.5 Å². The SMILES string of the molecule is CN(Cc1n[nH]c(=O)[nH]1)C(=O)c1cnc2n1CCCCC2. The Hall–Kier alpha value is -2.38. The molecule has 2 aromatic rings. The second-order valence-corrected chi connectivity index (χ2v) is 5.31. The van der Waals surface area contributed by atoms with Gasteiger partial charge in [-0.25, -0.2) is 14.9 Å². The Labute approximate surface area is 121 Å².